The smallest absolute Gasteiger partial charge is 0.162 e. The second-order valence-corrected chi connectivity index (χ2v) is 3.77. The largest absolute Gasteiger partial charge is 0.546 e. The van der Waals surface area contributed by atoms with Crippen LogP contribution in [0.2, 0.25) is 0 Å². The Morgan fingerprint density at radius 3 is 2.69 bits per heavy atom. The molecule has 0 aliphatic rings. The predicted molar refractivity (Wildman–Crippen MR) is 57.1 cm³/mol. The maximum Gasteiger partial charge on any atom is 0.162 e. The number of halogens is 1. The molecule has 0 aliphatic heterocycles. The van der Waals surface area contributed by atoms with Crippen LogP contribution in [-0.4, -0.2) is 24.8 Å². The van der Waals surface area contributed by atoms with E-state index in [4.69, 9.17) is 14.6 Å². The first kappa shape index (κ1) is 12.8. The van der Waals surface area contributed by atoms with E-state index in [0.29, 0.717) is 15.8 Å². The molecule has 0 heterocycles. The summed E-state index contributed by atoms with van der Waals surface area (Å²) in [4.78, 5) is 10.3. The van der Waals surface area contributed by atoms with Crippen molar-refractivity contribution >= 4 is 21.9 Å². The number of rotatable bonds is 5. The molecule has 0 fully saturated rings. The summed E-state index contributed by atoms with van der Waals surface area (Å²) in [5, 5.41) is 19.3. The summed E-state index contributed by atoms with van der Waals surface area (Å²) in [7, 11) is 1.43. The van der Waals surface area contributed by atoms with E-state index in [1.165, 1.54) is 13.2 Å². The Morgan fingerprint density at radius 2 is 2.19 bits per heavy atom. The summed E-state index contributed by atoms with van der Waals surface area (Å²) < 4.78 is 10.6. The highest BCUT2D eigenvalue weighted by molar-refractivity contribution is 9.10. The lowest BCUT2D eigenvalue weighted by Crippen LogP contribution is -2.29. The second-order valence-electron chi connectivity index (χ2n) is 2.91. The highest BCUT2D eigenvalue weighted by atomic mass is 79.9. The number of aliphatic carboxylic acids is 1. The van der Waals surface area contributed by atoms with Crippen LogP contribution in [0.15, 0.2) is 16.6 Å². The van der Waals surface area contributed by atoms with Crippen LogP contribution in [0, 0.1) is 0 Å². The molecule has 88 valence electrons. The van der Waals surface area contributed by atoms with Crippen LogP contribution >= 0.6 is 15.9 Å². The van der Waals surface area contributed by atoms with Gasteiger partial charge >= 0.3 is 0 Å². The van der Waals surface area contributed by atoms with Crippen molar-refractivity contribution in [3.8, 4) is 11.5 Å². The second kappa shape index (κ2) is 5.72. The molecule has 1 aromatic rings. The molecule has 0 saturated heterocycles. The van der Waals surface area contributed by atoms with Crippen LogP contribution in [0.5, 0.6) is 11.5 Å². The molecule has 5 nitrogen and oxygen atoms in total. The van der Waals surface area contributed by atoms with Crippen molar-refractivity contribution in [2.24, 2.45) is 0 Å². The van der Waals surface area contributed by atoms with Crippen molar-refractivity contribution in [3.05, 3.63) is 22.2 Å². The lowest BCUT2D eigenvalue weighted by Gasteiger charge is -2.13. The van der Waals surface area contributed by atoms with Crippen LogP contribution in [-0.2, 0) is 11.4 Å². The number of carbonyl (C=O) groups excluding carboxylic acids is 1. The molecule has 16 heavy (non-hydrogen) atoms. The number of carbonyl (C=O) groups is 1. The van der Waals surface area contributed by atoms with E-state index in [0.717, 1.165) is 0 Å². The maximum absolute atomic E-state index is 10.3. The van der Waals surface area contributed by atoms with Crippen molar-refractivity contribution in [2.45, 2.75) is 6.61 Å². The van der Waals surface area contributed by atoms with E-state index in [1.807, 2.05) is 0 Å². The zero-order valence-corrected chi connectivity index (χ0v) is 10.1. The van der Waals surface area contributed by atoms with Crippen molar-refractivity contribution in [2.75, 3.05) is 13.7 Å². The number of aliphatic hydroxyl groups excluding tert-OH is 1. The van der Waals surface area contributed by atoms with Gasteiger partial charge in [-0.1, -0.05) is 15.9 Å². The third-order valence-electron chi connectivity index (χ3n) is 1.85. The summed E-state index contributed by atoms with van der Waals surface area (Å²) in [5.74, 6) is -0.686. The first-order valence-corrected chi connectivity index (χ1v) is 5.17. The molecule has 1 N–H and O–H groups in total. The molecule has 0 aliphatic carbocycles. The molecule has 0 atom stereocenters. The summed E-state index contributed by atoms with van der Waals surface area (Å²) in [6.07, 6.45) is 0. The predicted octanol–water partition coefficient (Wildman–Crippen LogP) is 0.0787. The van der Waals surface area contributed by atoms with Gasteiger partial charge in [0.15, 0.2) is 11.5 Å². The Kier molecular flexibility index (Phi) is 4.57. The number of methoxy groups -OCH3 is 1. The van der Waals surface area contributed by atoms with Crippen LogP contribution in [0.3, 0.4) is 0 Å². The summed E-state index contributed by atoms with van der Waals surface area (Å²) >= 11 is 3.22. The van der Waals surface area contributed by atoms with Gasteiger partial charge in [0, 0.05) is 4.47 Å². The lowest BCUT2D eigenvalue weighted by molar-refractivity contribution is -0.307. The van der Waals surface area contributed by atoms with Crippen molar-refractivity contribution in [1.29, 1.82) is 0 Å². The van der Waals surface area contributed by atoms with Gasteiger partial charge in [-0.3, -0.25) is 0 Å². The molecule has 1 rings (SSSR count). The number of benzene rings is 1. The molecule has 0 radical (unpaired) electrons. The monoisotopic (exact) mass is 289 g/mol. The topological polar surface area (TPSA) is 78.8 Å². The van der Waals surface area contributed by atoms with E-state index in [9.17, 15) is 9.90 Å². The Balaban J connectivity index is 2.98. The van der Waals surface area contributed by atoms with E-state index in [2.05, 4.69) is 15.9 Å². The van der Waals surface area contributed by atoms with Gasteiger partial charge in [-0.25, -0.2) is 0 Å². The van der Waals surface area contributed by atoms with Gasteiger partial charge in [0.05, 0.1) is 19.7 Å². The lowest BCUT2D eigenvalue weighted by atomic mass is 10.2. The zero-order valence-electron chi connectivity index (χ0n) is 8.53. The standard InChI is InChI=1S/C10H11BrO5/c1-15-8-2-6(4-12)7(11)3-9(8)16-5-10(13)14/h2-3,12H,4-5H2,1H3,(H,13,14)/p-1. The van der Waals surface area contributed by atoms with Crippen LogP contribution in [0.4, 0.5) is 0 Å². The normalized spacial score (nSPS) is 9.94. The van der Waals surface area contributed by atoms with Crippen molar-refractivity contribution in [3.63, 3.8) is 0 Å². The fourth-order valence-electron chi connectivity index (χ4n) is 1.11. The Morgan fingerprint density at radius 1 is 1.50 bits per heavy atom. The minimum absolute atomic E-state index is 0.155. The minimum Gasteiger partial charge on any atom is -0.546 e. The average molecular weight is 290 g/mol. The van der Waals surface area contributed by atoms with E-state index >= 15 is 0 Å². The van der Waals surface area contributed by atoms with Crippen molar-refractivity contribution in [1.82, 2.24) is 0 Å². The Bertz CT molecular complexity index is 391. The SMILES string of the molecule is COc1cc(CO)c(Br)cc1OCC(=O)[O-]. The van der Waals surface area contributed by atoms with Crippen LogP contribution < -0.4 is 14.6 Å². The molecular formula is C10H10BrO5-. The first-order chi connectivity index (χ1) is 7.58. The van der Waals surface area contributed by atoms with E-state index in [-0.39, 0.29) is 12.4 Å². The number of hydrogen-bond acceptors (Lipinski definition) is 5. The van der Waals surface area contributed by atoms with Gasteiger partial charge < -0.3 is 24.5 Å². The third-order valence-corrected chi connectivity index (χ3v) is 2.59. The van der Waals surface area contributed by atoms with E-state index in [1.54, 1.807) is 6.07 Å². The van der Waals surface area contributed by atoms with Gasteiger partial charge in [0.25, 0.3) is 0 Å². The fourth-order valence-corrected chi connectivity index (χ4v) is 1.56. The summed E-state index contributed by atoms with van der Waals surface area (Å²) in [6, 6.07) is 3.10. The molecule has 0 saturated carbocycles. The highest BCUT2D eigenvalue weighted by Crippen LogP contribution is 2.33. The number of carboxylic acid groups (broad SMARTS) is 1. The molecule has 0 amide bonds. The molecule has 0 bridgehead atoms. The van der Waals surface area contributed by atoms with Crippen LogP contribution in [0.25, 0.3) is 0 Å². The van der Waals surface area contributed by atoms with E-state index < -0.39 is 12.6 Å². The van der Waals surface area contributed by atoms with Crippen molar-refractivity contribution < 1.29 is 24.5 Å². The molecular weight excluding hydrogens is 280 g/mol. The zero-order chi connectivity index (χ0) is 12.1. The number of carboxylic acids is 1. The quantitative estimate of drug-likeness (QED) is 0.830. The first-order valence-electron chi connectivity index (χ1n) is 4.38. The van der Waals surface area contributed by atoms with Gasteiger partial charge in [-0.2, -0.15) is 0 Å². The Hall–Kier alpha value is -1.27. The number of ether oxygens (including phenoxy) is 2. The Labute approximate surface area is 101 Å². The van der Waals surface area contributed by atoms with Gasteiger partial charge in [0.2, 0.25) is 0 Å². The van der Waals surface area contributed by atoms with Gasteiger partial charge in [-0.05, 0) is 17.7 Å². The van der Waals surface area contributed by atoms with Gasteiger partial charge in [-0.15, -0.1) is 0 Å². The minimum atomic E-state index is -1.32. The molecule has 0 unspecified atom stereocenters. The molecule has 0 aromatic heterocycles. The maximum atomic E-state index is 10.3. The molecule has 0 spiro atoms. The summed E-state index contributed by atoms with van der Waals surface area (Å²) in [5.41, 5.74) is 0.623. The van der Waals surface area contributed by atoms with Crippen LogP contribution in [0.1, 0.15) is 5.56 Å². The highest BCUT2D eigenvalue weighted by Gasteiger charge is 2.09. The third kappa shape index (κ3) is 3.11. The summed E-state index contributed by atoms with van der Waals surface area (Å²) in [6.45, 7) is -0.709. The fraction of sp³-hybridized carbons (Fsp3) is 0.300. The molecule has 1 aromatic carbocycles. The number of aliphatic hydroxyl groups is 1. The number of hydrogen-bond donors (Lipinski definition) is 1. The average Bonchev–Trinajstić information content (AvgIpc) is 2.26. The molecule has 6 heteroatoms. The van der Waals surface area contributed by atoms with Gasteiger partial charge in [0.1, 0.15) is 6.61 Å².